The van der Waals surface area contributed by atoms with Gasteiger partial charge in [-0.1, -0.05) is 43.9 Å². The van der Waals surface area contributed by atoms with E-state index < -0.39 is 23.5 Å². The zero-order valence-electron chi connectivity index (χ0n) is 20.3. The quantitative estimate of drug-likeness (QED) is 0.212. The number of hydrogen-bond donors (Lipinski definition) is 1. The number of nitrogens with zero attached hydrogens (tertiary/aromatic N) is 1. The number of esters is 1. The lowest BCUT2D eigenvalue weighted by atomic mass is 10.0. The average molecular weight is 451 g/mol. The van der Waals surface area contributed by atoms with Crippen molar-refractivity contribution in [3.8, 4) is 29.4 Å². The van der Waals surface area contributed by atoms with Crippen LogP contribution in [0.15, 0.2) is 36.9 Å². The molecular weight excluding hydrogens is 416 g/mol. The number of ether oxygens (including phenoxy) is 1. The number of rotatable bonds is 8. The molecule has 0 radical (unpaired) electrons. The van der Waals surface area contributed by atoms with Gasteiger partial charge < -0.3 is 15.0 Å². The number of benzene rings is 1. The molecule has 2 amide bonds. The van der Waals surface area contributed by atoms with E-state index in [1.807, 2.05) is 34.6 Å². The van der Waals surface area contributed by atoms with Crippen molar-refractivity contribution >= 4 is 17.8 Å². The van der Waals surface area contributed by atoms with Crippen LogP contribution < -0.4 is 10.1 Å². The van der Waals surface area contributed by atoms with E-state index in [-0.39, 0.29) is 18.2 Å². The summed E-state index contributed by atoms with van der Waals surface area (Å²) in [5, 5.41) is 2.93. The summed E-state index contributed by atoms with van der Waals surface area (Å²) in [7, 11) is 0. The molecule has 1 unspecified atom stereocenters. The van der Waals surface area contributed by atoms with Crippen molar-refractivity contribution < 1.29 is 19.1 Å². The first-order valence-electron chi connectivity index (χ1n) is 11.2. The fourth-order valence-corrected chi connectivity index (χ4v) is 2.83. The third-order valence-electron chi connectivity index (χ3n) is 4.17. The van der Waals surface area contributed by atoms with Crippen LogP contribution in [0.1, 0.15) is 71.9 Å². The normalized spacial score (nSPS) is 11.1. The lowest BCUT2D eigenvalue weighted by molar-refractivity contribution is -0.137. The Labute approximate surface area is 197 Å². The Morgan fingerprint density at radius 1 is 1.12 bits per heavy atom. The number of unbranched alkanes of at least 4 members (excludes halogenated alkanes) is 2. The van der Waals surface area contributed by atoms with Crippen LogP contribution in [0, 0.1) is 23.7 Å². The molecule has 1 N–H and O–H groups in total. The predicted octanol–water partition coefficient (Wildman–Crippen LogP) is 4.17. The molecule has 0 saturated heterocycles. The van der Waals surface area contributed by atoms with Gasteiger partial charge in [0.1, 0.15) is 11.8 Å². The molecule has 0 bridgehead atoms. The summed E-state index contributed by atoms with van der Waals surface area (Å²) in [5.74, 6) is 9.34. The highest BCUT2D eigenvalue weighted by molar-refractivity contribution is 5.97. The number of hydrogen-bond acceptors (Lipinski definition) is 4. The monoisotopic (exact) mass is 450 g/mol. The van der Waals surface area contributed by atoms with E-state index in [9.17, 15) is 14.4 Å². The molecule has 0 spiro atoms. The Hall–Kier alpha value is -3.51. The van der Waals surface area contributed by atoms with Gasteiger partial charge in [0.15, 0.2) is 0 Å². The SMILES string of the molecule is C=CCN(C(=O)C#CCCC)C(C(=O)NC(C)(C)C)c1cccc(OC(=O)C#CCCC)c1. The molecule has 0 aromatic heterocycles. The summed E-state index contributed by atoms with van der Waals surface area (Å²) in [5.41, 5.74) is -0.0403. The van der Waals surface area contributed by atoms with Gasteiger partial charge in [-0.25, -0.2) is 4.79 Å². The first-order valence-corrected chi connectivity index (χ1v) is 11.2. The van der Waals surface area contributed by atoms with E-state index in [0.29, 0.717) is 18.4 Å². The van der Waals surface area contributed by atoms with Crippen molar-refractivity contribution in [3.63, 3.8) is 0 Å². The van der Waals surface area contributed by atoms with Gasteiger partial charge in [-0.05, 0) is 57.2 Å². The fraction of sp³-hybridized carbons (Fsp3) is 0.444. The van der Waals surface area contributed by atoms with Crippen LogP contribution in [-0.4, -0.2) is 34.8 Å². The van der Waals surface area contributed by atoms with E-state index in [0.717, 1.165) is 12.8 Å². The molecule has 0 fully saturated rings. The lowest BCUT2D eigenvalue weighted by Gasteiger charge is -2.32. The maximum absolute atomic E-state index is 13.3. The summed E-state index contributed by atoms with van der Waals surface area (Å²) in [6.07, 6.45) is 4.39. The third-order valence-corrected chi connectivity index (χ3v) is 4.17. The highest BCUT2D eigenvalue weighted by Crippen LogP contribution is 2.26. The molecule has 1 aromatic carbocycles. The third kappa shape index (κ3) is 10.1. The second-order valence-electron chi connectivity index (χ2n) is 8.45. The lowest BCUT2D eigenvalue weighted by Crippen LogP contribution is -2.49. The molecular formula is C27H34N2O4. The number of nitrogens with one attached hydrogen (secondary N) is 1. The molecule has 0 heterocycles. The van der Waals surface area contributed by atoms with Crippen LogP contribution in [-0.2, 0) is 14.4 Å². The zero-order chi connectivity index (χ0) is 24.9. The van der Waals surface area contributed by atoms with Gasteiger partial charge in [0.05, 0.1) is 0 Å². The molecule has 0 aliphatic carbocycles. The van der Waals surface area contributed by atoms with Crippen LogP contribution in [0.4, 0.5) is 0 Å². The largest absolute Gasteiger partial charge is 0.417 e. The minimum Gasteiger partial charge on any atom is -0.417 e. The van der Waals surface area contributed by atoms with Crippen molar-refractivity contribution in [1.29, 1.82) is 0 Å². The second-order valence-corrected chi connectivity index (χ2v) is 8.45. The molecule has 176 valence electrons. The van der Waals surface area contributed by atoms with Gasteiger partial charge in [0.25, 0.3) is 5.91 Å². The molecule has 33 heavy (non-hydrogen) atoms. The maximum atomic E-state index is 13.3. The summed E-state index contributed by atoms with van der Waals surface area (Å²) >= 11 is 0. The second kappa shape index (κ2) is 13.8. The Balaban J connectivity index is 3.39. The van der Waals surface area contributed by atoms with Gasteiger partial charge >= 0.3 is 5.97 Å². The smallest absolute Gasteiger partial charge is 0.389 e. The highest BCUT2D eigenvalue weighted by atomic mass is 16.5. The first-order chi connectivity index (χ1) is 15.6. The first kappa shape index (κ1) is 27.5. The van der Waals surface area contributed by atoms with Gasteiger partial charge in [-0.2, -0.15) is 0 Å². The summed E-state index contributed by atoms with van der Waals surface area (Å²) in [4.78, 5) is 39.6. The minimum atomic E-state index is -0.990. The Morgan fingerprint density at radius 3 is 2.33 bits per heavy atom. The van der Waals surface area contributed by atoms with E-state index >= 15 is 0 Å². The summed E-state index contributed by atoms with van der Waals surface area (Å²) in [6, 6.07) is 5.54. The number of carbonyl (C=O) groups excluding carboxylic acids is 3. The standard InChI is InChI=1S/C27H34N2O4/c1-7-10-12-17-23(30)29(19-9-3)25(26(32)28-27(4,5)6)21-15-14-16-22(20-21)33-24(31)18-13-11-8-2/h9,14-16,20,25H,3,7-8,10-11,19H2,1-2,4-6H3,(H,28,32). The Bertz CT molecular complexity index is 968. The van der Waals surface area contributed by atoms with Gasteiger partial charge in [-0.15, -0.1) is 6.58 Å². The molecule has 0 aliphatic heterocycles. The van der Waals surface area contributed by atoms with Crippen LogP contribution in [0.3, 0.4) is 0 Å². The maximum Gasteiger partial charge on any atom is 0.389 e. The van der Waals surface area contributed by atoms with Crippen LogP contribution in [0.2, 0.25) is 0 Å². The summed E-state index contributed by atoms with van der Waals surface area (Å²) in [6.45, 7) is 13.4. The van der Waals surface area contributed by atoms with E-state index in [1.165, 1.54) is 4.90 Å². The molecule has 1 aromatic rings. The Morgan fingerprint density at radius 2 is 1.76 bits per heavy atom. The molecule has 0 saturated carbocycles. The molecule has 1 atom stereocenters. The summed E-state index contributed by atoms with van der Waals surface area (Å²) < 4.78 is 5.32. The van der Waals surface area contributed by atoms with Crippen LogP contribution >= 0.6 is 0 Å². The van der Waals surface area contributed by atoms with Crippen LogP contribution in [0.5, 0.6) is 5.75 Å². The van der Waals surface area contributed by atoms with Gasteiger partial charge in [0, 0.05) is 30.8 Å². The zero-order valence-corrected chi connectivity index (χ0v) is 20.3. The molecule has 0 aliphatic rings. The van der Waals surface area contributed by atoms with Crippen molar-refractivity contribution in [2.24, 2.45) is 0 Å². The molecule has 1 rings (SSSR count). The van der Waals surface area contributed by atoms with Crippen molar-refractivity contribution in [2.45, 2.75) is 71.9 Å². The highest BCUT2D eigenvalue weighted by Gasteiger charge is 2.32. The van der Waals surface area contributed by atoms with E-state index in [4.69, 9.17) is 4.74 Å². The topological polar surface area (TPSA) is 75.7 Å². The average Bonchev–Trinajstić information content (AvgIpc) is 2.72. The predicted molar refractivity (Wildman–Crippen MR) is 130 cm³/mol. The van der Waals surface area contributed by atoms with Crippen LogP contribution in [0.25, 0.3) is 0 Å². The number of amides is 2. The molecule has 6 nitrogen and oxygen atoms in total. The van der Waals surface area contributed by atoms with E-state index in [1.54, 1.807) is 30.3 Å². The fourth-order valence-electron chi connectivity index (χ4n) is 2.83. The Kier molecular flexibility index (Phi) is 11.5. The van der Waals surface area contributed by atoms with Gasteiger partial charge in [0.2, 0.25) is 5.91 Å². The van der Waals surface area contributed by atoms with Crippen molar-refractivity contribution in [2.75, 3.05) is 6.54 Å². The van der Waals surface area contributed by atoms with Gasteiger partial charge in [-0.3, -0.25) is 9.59 Å². The molecule has 6 heteroatoms. The number of carbonyl (C=O) groups is 3. The van der Waals surface area contributed by atoms with Crippen molar-refractivity contribution in [3.05, 3.63) is 42.5 Å². The minimum absolute atomic E-state index is 0.119. The van der Waals surface area contributed by atoms with Crippen molar-refractivity contribution in [1.82, 2.24) is 10.2 Å². The van der Waals surface area contributed by atoms with E-state index in [2.05, 4.69) is 35.6 Å².